The van der Waals surface area contributed by atoms with Gasteiger partial charge in [0, 0.05) is 50.4 Å². The Morgan fingerprint density at radius 1 is 1.36 bits per heavy atom. The van der Waals surface area contributed by atoms with Crippen molar-refractivity contribution in [3.63, 3.8) is 0 Å². The van der Waals surface area contributed by atoms with Crippen molar-refractivity contribution < 1.29 is 4.79 Å². The monoisotopic (exact) mass is 318 g/mol. The summed E-state index contributed by atoms with van der Waals surface area (Å²) in [6.45, 7) is 3.15. The zero-order valence-corrected chi connectivity index (χ0v) is 14.0. The van der Waals surface area contributed by atoms with Crippen molar-refractivity contribution in [3.8, 4) is 0 Å². The van der Waals surface area contributed by atoms with Crippen molar-refractivity contribution in [1.29, 1.82) is 0 Å². The van der Waals surface area contributed by atoms with Gasteiger partial charge in [-0.15, -0.1) is 11.3 Å². The first kappa shape index (κ1) is 16.3. The van der Waals surface area contributed by atoms with E-state index in [0.29, 0.717) is 13.1 Å². The lowest BCUT2D eigenvalue weighted by Gasteiger charge is -2.14. The van der Waals surface area contributed by atoms with Gasteiger partial charge in [-0.25, -0.2) is 9.78 Å². The summed E-state index contributed by atoms with van der Waals surface area (Å²) >= 11 is 1.61. The minimum atomic E-state index is -0.154. The quantitative estimate of drug-likeness (QED) is 0.861. The molecule has 0 fully saturated rings. The molecule has 2 N–H and O–H groups in total. The summed E-state index contributed by atoms with van der Waals surface area (Å²) in [6.07, 6.45) is 1.79. The first-order valence-corrected chi connectivity index (χ1v) is 8.11. The fourth-order valence-electron chi connectivity index (χ4n) is 2.00. The third-order valence-electron chi connectivity index (χ3n) is 3.32. The van der Waals surface area contributed by atoms with E-state index in [1.165, 1.54) is 0 Å². The van der Waals surface area contributed by atoms with E-state index in [1.54, 1.807) is 17.5 Å². The minimum Gasteiger partial charge on any atom is -0.378 e. The van der Waals surface area contributed by atoms with Gasteiger partial charge >= 0.3 is 6.03 Å². The highest BCUT2D eigenvalue weighted by atomic mass is 32.1. The molecule has 1 atom stereocenters. The number of hydrogen-bond acceptors (Lipinski definition) is 4. The molecule has 0 aliphatic heterocycles. The molecule has 0 unspecified atom stereocenters. The average molecular weight is 318 g/mol. The van der Waals surface area contributed by atoms with Crippen LogP contribution in [0.4, 0.5) is 10.5 Å². The van der Waals surface area contributed by atoms with Crippen molar-refractivity contribution in [2.45, 2.75) is 19.4 Å². The van der Waals surface area contributed by atoms with Crippen LogP contribution in [0, 0.1) is 0 Å². The second-order valence-corrected chi connectivity index (χ2v) is 6.33. The number of carbonyl (C=O) groups excluding carboxylic acids is 1. The van der Waals surface area contributed by atoms with E-state index in [2.05, 4.69) is 28.6 Å². The third-order valence-corrected chi connectivity index (χ3v) is 4.33. The summed E-state index contributed by atoms with van der Waals surface area (Å²) in [5.74, 6) is 0.225. The lowest BCUT2D eigenvalue weighted by molar-refractivity contribution is 0.240. The van der Waals surface area contributed by atoms with Gasteiger partial charge in [-0.2, -0.15) is 0 Å². The molecule has 0 aliphatic rings. The summed E-state index contributed by atoms with van der Waals surface area (Å²) < 4.78 is 0. The molecule has 2 rings (SSSR count). The predicted molar refractivity (Wildman–Crippen MR) is 91.5 cm³/mol. The van der Waals surface area contributed by atoms with E-state index in [1.807, 2.05) is 42.6 Å². The van der Waals surface area contributed by atoms with Crippen LogP contribution in [-0.2, 0) is 6.54 Å². The molecule has 0 bridgehead atoms. The average Bonchev–Trinajstić information content (AvgIpc) is 3.05. The van der Waals surface area contributed by atoms with Crippen molar-refractivity contribution >= 4 is 23.1 Å². The molecular weight excluding hydrogens is 296 g/mol. The SMILES string of the molecule is C[C@@H](CNC(=O)NCc1cccc(N(C)C)c1)c1nccs1. The fourth-order valence-corrected chi connectivity index (χ4v) is 2.70. The Hall–Kier alpha value is -2.08. The fraction of sp³-hybridized carbons (Fsp3) is 0.375. The molecule has 1 heterocycles. The lowest BCUT2D eigenvalue weighted by Crippen LogP contribution is -2.37. The van der Waals surface area contributed by atoms with Crippen LogP contribution in [0.1, 0.15) is 23.4 Å². The normalized spacial score (nSPS) is 11.8. The van der Waals surface area contributed by atoms with Gasteiger partial charge in [0.2, 0.25) is 0 Å². The maximum absolute atomic E-state index is 11.9. The van der Waals surface area contributed by atoms with E-state index in [-0.39, 0.29) is 11.9 Å². The van der Waals surface area contributed by atoms with E-state index >= 15 is 0 Å². The molecule has 1 aromatic heterocycles. The number of nitrogens with one attached hydrogen (secondary N) is 2. The van der Waals surface area contributed by atoms with Gasteiger partial charge in [-0.3, -0.25) is 0 Å². The highest BCUT2D eigenvalue weighted by molar-refractivity contribution is 7.09. The van der Waals surface area contributed by atoms with E-state index < -0.39 is 0 Å². The van der Waals surface area contributed by atoms with E-state index in [9.17, 15) is 4.79 Å². The second-order valence-electron chi connectivity index (χ2n) is 5.40. The van der Waals surface area contributed by atoms with Crippen LogP contribution in [0.2, 0.25) is 0 Å². The number of hydrogen-bond donors (Lipinski definition) is 2. The van der Waals surface area contributed by atoms with Gasteiger partial charge in [0.1, 0.15) is 0 Å². The molecule has 1 aromatic carbocycles. The minimum absolute atomic E-state index is 0.154. The molecule has 22 heavy (non-hydrogen) atoms. The first-order valence-electron chi connectivity index (χ1n) is 7.23. The van der Waals surface area contributed by atoms with Gasteiger partial charge in [0.25, 0.3) is 0 Å². The predicted octanol–water partition coefficient (Wildman–Crippen LogP) is 2.81. The standard InChI is InChI=1S/C16H22N4OS/c1-12(15-17-7-8-22-15)10-18-16(21)19-11-13-5-4-6-14(9-13)20(2)3/h4-9,12H,10-11H2,1-3H3,(H2,18,19,21)/t12-/m0/s1. The van der Waals surface area contributed by atoms with Crippen LogP contribution in [0.5, 0.6) is 0 Å². The molecule has 2 amide bonds. The van der Waals surface area contributed by atoms with Gasteiger partial charge in [-0.1, -0.05) is 19.1 Å². The number of thiazole rings is 1. The number of nitrogens with zero attached hydrogens (tertiary/aromatic N) is 2. The molecule has 6 heteroatoms. The highest BCUT2D eigenvalue weighted by Crippen LogP contribution is 2.16. The molecule has 118 valence electrons. The number of amides is 2. The zero-order valence-electron chi connectivity index (χ0n) is 13.2. The molecule has 0 saturated heterocycles. The van der Waals surface area contributed by atoms with Gasteiger partial charge in [-0.05, 0) is 17.7 Å². The number of rotatable bonds is 6. The number of benzene rings is 1. The van der Waals surface area contributed by atoms with Crippen LogP contribution in [0.3, 0.4) is 0 Å². The Kier molecular flexibility index (Phi) is 5.77. The van der Waals surface area contributed by atoms with Crippen LogP contribution < -0.4 is 15.5 Å². The molecule has 0 spiro atoms. The van der Waals surface area contributed by atoms with Crippen LogP contribution in [-0.4, -0.2) is 31.7 Å². The number of anilines is 1. The Bertz CT molecular complexity index is 598. The molecule has 0 saturated carbocycles. The molecule has 5 nitrogen and oxygen atoms in total. The number of aromatic nitrogens is 1. The van der Waals surface area contributed by atoms with E-state index in [4.69, 9.17) is 0 Å². The summed E-state index contributed by atoms with van der Waals surface area (Å²) in [4.78, 5) is 18.2. The third kappa shape index (κ3) is 4.73. The Labute approximate surface area is 135 Å². The Morgan fingerprint density at radius 3 is 2.86 bits per heavy atom. The van der Waals surface area contributed by atoms with E-state index in [0.717, 1.165) is 16.3 Å². The molecule has 0 aliphatic carbocycles. The summed E-state index contributed by atoms with van der Waals surface area (Å²) in [7, 11) is 4.00. The van der Waals surface area contributed by atoms with Crippen molar-refractivity contribution in [1.82, 2.24) is 15.6 Å². The number of carbonyl (C=O) groups is 1. The van der Waals surface area contributed by atoms with Crippen molar-refractivity contribution in [2.24, 2.45) is 0 Å². The largest absolute Gasteiger partial charge is 0.378 e. The topological polar surface area (TPSA) is 57.3 Å². The molecule has 0 radical (unpaired) electrons. The van der Waals surface area contributed by atoms with Crippen molar-refractivity contribution in [2.75, 3.05) is 25.5 Å². The first-order chi connectivity index (χ1) is 10.6. The lowest BCUT2D eigenvalue weighted by atomic mass is 10.2. The summed E-state index contributed by atoms with van der Waals surface area (Å²) in [5, 5.41) is 8.75. The zero-order chi connectivity index (χ0) is 15.9. The summed E-state index contributed by atoms with van der Waals surface area (Å²) in [6, 6.07) is 7.96. The summed E-state index contributed by atoms with van der Waals surface area (Å²) in [5.41, 5.74) is 2.20. The second kappa shape index (κ2) is 7.79. The Balaban J connectivity index is 1.77. The number of urea groups is 1. The van der Waals surface area contributed by atoms with Crippen molar-refractivity contribution in [3.05, 3.63) is 46.4 Å². The maximum atomic E-state index is 11.9. The highest BCUT2D eigenvalue weighted by Gasteiger charge is 2.09. The van der Waals surface area contributed by atoms with Crippen LogP contribution in [0.25, 0.3) is 0 Å². The van der Waals surface area contributed by atoms with Gasteiger partial charge in [0.05, 0.1) is 5.01 Å². The van der Waals surface area contributed by atoms with Crippen LogP contribution >= 0.6 is 11.3 Å². The molecule has 2 aromatic rings. The van der Waals surface area contributed by atoms with Gasteiger partial charge < -0.3 is 15.5 Å². The Morgan fingerprint density at radius 2 is 2.18 bits per heavy atom. The smallest absolute Gasteiger partial charge is 0.315 e. The maximum Gasteiger partial charge on any atom is 0.315 e. The van der Waals surface area contributed by atoms with Crippen LogP contribution in [0.15, 0.2) is 35.8 Å². The van der Waals surface area contributed by atoms with Gasteiger partial charge in [0.15, 0.2) is 0 Å². The molecular formula is C16H22N4OS.